The number of nitrogens with zero attached hydrogens (tertiary/aromatic N) is 1. The Morgan fingerprint density at radius 3 is 1.87 bits per heavy atom. The van der Waals surface area contributed by atoms with Crippen LogP contribution in [0.15, 0.2) is 109 Å². The van der Waals surface area contributed by atoms with Crippen LogP contribution in [-0.4, -0.2) is 9.55 Å². The Balaban J connectivity index is 0.000000150. The van der Waals surface area contributed by atoms with Gasteiger partial charge in [0.25, 0.3) is 0 Å². The van der Waals surface area contributed by atoms with Crippen LogP contribution in [0.4, 0.5) is 0 Å². The molecule has 2 nitrogen and oxygen atoms in total. The number of rotatable bonds is 0. The minimum atomic E-state index is 0. The van der Waals surface area contributed by atoms with Gasteiger partial charge in [0.2, 0.25) is 0 Å². The molecule has 2 radical (unpaired) electrons. The van der Waals surface area contributed by atoms with E-state index in [0.717, 1.165) is 11.1 Å². The summed E-state index contributed by atoms with van der Waals surface area (Å²) in [5.41, 5.74) is 7.07. The summed E-state index contributed by atoms with van der Waals surface area (Å²) in [5.74, 6) is 0. The molecule has 184 valence electrons. The van der Waals surface area contributed by atoms with Crippen molar-refractivity contribution in [2.75, 3.05) is 0 Å². The molecule has 0 saturated carbocycles. The van der Waals surface area contributed by atoms with Gasteiger partial charge in [-0.1, -0.05) is 84.9 Å². The Bertz CT molecular complexity index is 2130. The SMILES string of the molecule is [CH2-]c1ccc2[nH]c3c4ccccc4ccc3c2c1.[CH2-]c1ccc2c(c1)c1ccc3ccccc3c1n2C.[Y].[Y]. The van der Waals surface area contributed by atoms with Gasteiger partial charge in [-0.15, -0.1) is 0 Å². The molecule has 0 aliphatic rings. The third kappa shape index (κ3) is 4.72. The summed E-state index contributed by atoms with van der Waals surface area (Å²) in [6.07, 6.45) is 0. The fourth-order valence-corrected chi connectivity index (χ4v) is 5.73. The summed E-state index contributed by atoms with van der Waals surface area (Å²) >= 11 is 0. The maximum atomic E-state index is 4.04. The van der Waals surface area contributed by atoms with E-state index < -0.39 is 0 Å². The molecular weight excluding hydrogens is 626 g/mol. The van der Waals surface area contributed by atoms with E-state index in [2.05, 4.69) is 134 Å². The van der Waals surface area contributed by atoms with Crippen molar-refractivity contribution >= 4 is 65.2 Å². The number of fused-ring (bicyclic) bond motifs is 10. The molecule has 0 aliphatic carbocycles. The zero-order valence-electron chi connectivity index (χ0n) is 21.9. The monoisotopic (exact) mass is 652 g/mol. The van der Waals surface area contributed by atoms with E-state index in [1.807, 2.05) is 6.07 Å². The zero-order chi connectivity index (χ0) is 25.1. The van der Waals surface area contributed by atoms with Gasteiger partial charge in [-0.05, 0) is 32.3 Å². The molecule has 2 heterocycles. The molecule has 0 atom stereocenters. The second kappa shape index (κ2) is 11.1. The molecule has 0 saturated heterocycles. The van der Waals surface area contributed by atoms with Gasteiger partial charge < -0.3 is 9.55 Å². The van der Waals surface area contributed by atoms with Crippen LogP contribution in [0, 0.1) is 13.8 Å². The molecule has 0 spiro atoms. The molecule has 4 heteroatoms. The van der Waals surface area contributed by atoms with Crippen molar-refractivity contribution in [1.82, 2.24) is 9.55 Å². The molecule has 0 aliphatic heterocycles. The van der Waals surface area contributed by atoms with Crippen LogP contribution in [0.1, 0.15) is 11.1 Å². The van der Waals surface area contributed by atoms with Gasteiger partial charge in [-0.3, -0.25) is 0 Å². The van der Waals surface area contributed by atoms with Crippen molar-refractivity contribution in [1.29, 1.82) is 0 Å². The Morgan fingerprint density at radius 2 is 1.13 bits per heavy atom. The van der Waals surface area contributed by atoms with Crippen molar-refractivity contribution < 1.29 is 65.4 Å². The normalized spacial score (nSPS) is 11.0. The van der Waals surface area contributed by atoms with Crippen LogP contribution >= 0.6 is 0 Å². The van der Waals surface area contributed by atoms with Crippen LogP contribution in [0.25, 0.3) is 65.2 Å². The summed E-state index contributed by atoms with van der Waals surface area (Å²) < 4.78 is 2.28. The number of hydrogen-bond donors (Lipinski definition) is 1. The molecule has 2 aromatic heterocycles. The van der Waals surface area contributed by atoms with Gasteiger partial charge in [0.05, 0.1) is 11.0 Å². The minimum Gasteiger partial charge on any atom is -0.356 e. The number of aromatic amines is 1. The molecule has 1 N–H and O–H groups in total. The van der Waals surface area contributed by atoms with E-state index in [1.54, 1.807) is 0 Å². The number of aromatic nitrogens is 2. The molecular formula is C35H26N2Y2-2. The summed E-state index contributed by atoms with van der Waals surface area (Å²) in [4.78, 5) is 3.52. The van der Waals surface area contributed by atoms with Crippen molar-refractivity contribution in [3.05, 3.63) is 134 Å². The van der Waals surface area contributed by atoms with Gasteiger partial charge in [0.1, 0.15) is 0 Å². The summed E-state index contributed by atoms with van der Waals surface area (Å²) in [5, 5.41) is 10.3. The Hall–Kier alpha value is -2.61. The summed E-state index contributed by atoms with van der Waals surface area (Å²) in [6, 6.07) is 38.5. The Labute approximate surface area is 278 Å². The summed E-state index contributed by atoms with van der Waals surface area (Å²) in [6.45, 7) is 8.05. The molecule has 0 amide bonds. The van der Waals surface area contributed by atoms with Crippen molar-refractivity contribution in [3.8, 4) is 0 Å². The average molecular weight is 652 g/mol. The van der Waals surface area contributed by atoms with E-state index in [4.69, 9.17) is 0 Å². The quantitative estimate of drug-likeness (QED) is 0.158. The van der Waals surface area contributed by atoms with E-state index in [0.29, 0.717) is 0 Å². The first kappa shape index (κ1) is 27.9. The zero-order valence-corrected chi connectivity index (χ0v) is 27.6. The first-order valence-corrected chi connectivity index (χ1v) is 12.6. The van der Waals surface area contributed by atoms with Crippen LogP contribution in [0.5, 0.6) is 0 Å². The van der Waals surface area contributed by atoms with E-state index in [1.165, 1.54) is 65.2 Å². The number of H-pyrrole nitrogens is 1. The van der Waals surface area contributed by atoms with E-state index >= 15 is 0 Å². The van der Waals surface area contributed by atoms with Gasteiger partial charge in [0.15, 0.2) is 0 Å². The largest absolute Gasteiger partial charge is 0.356 e. The average Bonchev–Trinajstić information content (AvgIpc) is 3.44. The van der Waals surface area contributed by atoms with Crippen LogP contribution < -0.4 is 0 Å². The molecule has 0 unspecified atom stereocenters. The predicted octanol–water partition coefficient (Wildman–Crippen LogP) is 9.32. The summed E-state index contributed by atoms with van der Waals surface area (Å²) in [7, 11) is 2.14. The maximum Gasteiger partial charge on any atom is 0.0557 e. The number of nitrogens with one attached hydrogen (secondary N) is 1. The van der Waals surface area contributed by atoms with Gasteiger partial charge in [-0.2, -0.15) is 49.2 Å². The first-order valence-electron chi connectivity index (χ1n) is 12.6. The molecule has 39 heavy (non-hydrogen) atoms. The fourth-order valence-electron chi connectivity index (χ4n) is 5.73. The topological polar surface area (TPSA) is 20.7 Å². The fraction of sp³-hybridized carbons (Fsp3) is 0.0286. The molecule has 0 bridgehead atoms. The number of hydrogen-bond acceptors (Lipinski definition) is 0. The van der Waals surface area contributed by atoms with E-state index in [-0.39, 0.29) is 65.4 Å². The third-order valence-corrected chi connectivity index (χ3v) is 7.51. The Morgan fingerprint density at radius 1 is 0.538 bits per heavy atom. The second-order valence-electron chi connectivity index (χ2n) is 9.81. The predicted molar refractivity (Wildman–Crippen MR) is 160 cm³/mol. The third-order valence-electron chi connectivity index (χ3n) is 7.51. The van der Waals surface area contributed by atoms with Gasteiger partial charge in [0, 0.05) is 94.3 Å². The Kier molecular flexibility index (Phi) is 7.95. The van der Waals surface area contributed by atoms with Crippen LogP contribution in [0.2, 0.25) is 0 Å². The van der Waals surface area contributed by atoms with Crippen LogP contribution in [-0.2, 0) is 72.5 Å². The minimum absolute atomic E-state index is 0. The van der Waals surface area contributed by atoms with Crippen molar-refractivity contribution in [3.63, 3.8) is 0 Å². The number of aryl methyl sites for hydroxylation is 1. The standard InChI is InChI=1S/C18H14N.C17H12N.2Y/c1-12-7-10-17-16(11-12)15-9-8-13-5-3-4-6-14(13)18(15)19(17)2;1-11-6-9-16-15(10-11)14-8-7-12-4-2-3-5-13(12)17(14)18-16;;/h3-11H,1H2,2H3;2-10,18H,1H2;;/q2*-1;;. The number of benzene rings is 6. The second-order valence-corrected chi connectivity index (χ2v) is 9.81. The molecule has 0 fully saturated rings. The van der Waals surface area contributed by atoms with Crippen molar-refractivity contribution in [2.45, 2.75) is 0 Å². The molecule has 8 rings (SSSR count). The smallest absolute Gasteiger partial charge is 0.0557 e. The maximum absolute atomic E-state index is 4.04. The van der Waals surface area contributed by atoms with Crippen LogP contribution in [0.3, 0.4) is 0 Å². The molecule has 8 aromatic rings. The van der Waals surface area contributed by atoms with E-state index in [9.17, 15) is 0 Å². The van der Waals surface area contributed by atoms with Gasteiger partial charge >= 0.3 is 0 Å². The van der Waals surface area contributed by atoms with Crippen molar-refractivity contribution in [2.24, 2.45) is 7.05 Å². The van der Waals surface area contributed by atoms with Gasteiger partial charge in [-0.25, -0.2) is 0 Å². The first-order chi connectivity index (χ1) is 18.1. The molecule has 6 aromatic carbocycles.